The van der Waals surface area contributed by atoms with Gasteiger partial charge in [-0.3, -0.25) is 14.6 Å². The van der Waals surface area contributed by atoms with Gasteiger partial charge in [-0.25, -0.2) is 0 Å². The minimum absolute atomic E-state index is 0.0761. The van der Waals surface area contributed by atoms with E-state index in [4.69, 9.17) is 0 Å². The highest BCUT2D eigenvalue weighted by Crippen LogP contribution is 2.30. The summed E-state index contributed by atoms with van der Waals surface area (Å²) in [5.74, 6) is 0.0938. The molecule has 0 radical (unpaired) electrons. The van der Waals surface area contributed by atoms with Crippen LogP contribution in [0.2, 0.25) is 0 Å². The first kappa shape index (κ1) is 24.2. The van der Waals surface area contributed by atoms with Gasteiger partial charge < -0.3 is 9.69 Å². The number of amides is 1. The predicted octanol–water partition coefficient (Wildman–Crippen LogP) is 4.59. The van der Waals surface area contributed by atoms with Crippen LogP contribution in [0, 0.1) is 0 Å². The van der Waals surface area contributed by atoms with Gasteiger partial charge in [-0.1, -0.05) is 57.5 Å². The van der Waals surface area contributed by atoms with Crippen molar-refractivity contribution in [2.24, 2.45) is 0 Å². The Morgan fingerprint density at radius 3 is 2.51 bits per heavy atom. The van der Waals surface area contributed by atoms with Gasteiger partial charge in [0.2, 0.25) is 0 Å². The topological polar surface area (TPSA) is 43.9 Å². The second-order valence-electron chi connectivity index (χ2n) is 11.6. The fraction of sp³-hybridized carbons (Fsp3) is 0.533. The molecule has 2 aromatic carbocycles. The Labute approximate surface area is 210 Å². The molecule has 5 rings (SSSR count). The third-order valence-electron chi connectivity index (χ3n) is 8.26. The third-order valence-corrected chi connectivity index (χ3v) is 8.26. The van der Waals surface area contributed by atoms with Crippen LogP contribution in [0.25, 0.3) is 0 Å². The number of carbonyl (C=O) groups is 2. The van der Waals surface area contributed by atoms with Gasteiger partial charge in [-0.15, -0.1) is 0 Å². The van der Waals surface area contributed by atoms with Crippen molar-refractivity contribution in [3.63, 3.8) is 0 Å². The van der Waals surface area contributed by atoms with Crippen LogP contribution in [-0.2, 0) is 23.2 Å². The van der Waals surface area contributed by atoms with Gasteiger partial charge in [0.05, 0.1) is 6.04 Å². The number of piperidine rings is 1. The Morgan fingerprint density at radius 2 is 1.77 bits per heavy atom. The minimum atomic E-state index is -0.176. The Kier molecular flexibility index (Phi) is 6.82. The van der Waals surface area contributed by atoms with Gasteiger partial charge in [0.25, 0.3) is 5.91 Å². The van der Waals surface area contributed by atoms with E-state index in [1.165, 1.54) is 42.5 Å². The van der Waals surface area contributed by atoms with Crippen LogP contribution in [-0.4, -0.2) is 65.7 Å². The van der Waals surface area contributed by atoms with Gasteiger partial charge in [0.1, 0.15) is 6.29 Å². The highest BCUT2D eigenvalue weighted by molar-refractivity contribution is 5.94. The maximum absolute atomic E-state index is 13.2. The quantitative estimate of drug-likeness (QED) is 0.609. The number of nitrogens with zero attached hydrogens (tertiary/aromatic N) is 3. The standard InChI is InChI=1S/C30H39N3O2/c1-30(2,3)26-11-9-22(10-12-26)29(35)33-15-13-23-18-24(7-8-25(23)19-33)28(21-34)32-17-16-31-14-5-4-6-27(31)20-32/h7-12,18,21,27-28H,4-6,13-17,19-20H2,1-3H3. The van der Waals surface area contributed by atoms with Crippen LogP contribution in [0.3, 0.4) is 0 Å². The first-order valence-electron chi connectivity index (χ1n) is 13.3. The van der Waals surface area contributed by atoms with Crippen LogP contribution in [0.4, 0.5) is 0 Å². The lowest BCUT2D eigenvalue weighted by atomic mass is 9.86. The molecule has 0 saturated carbocycles. The molecule has 0 aromatic heterocycles. The summed E-state index contributed by atoms with van der Waals surface area (Å²) in [7, 11) is 0. The number of carbonyl (C=O) groups excluding carboxylic acids is 2. The molecule has 0 aliphatic carbocycles. The van der Waals surface area contributed by atoms with E-state index >= 15 is 0 Å². The number of fused-ring (bicyclic) bond motifs is 2. The average molecular weight is 474 g/mol. The minimum Gasteiger partial charge on any atom is -0.334 e. The molecule has 5 nitrogen and oxygen atoms in total. The summed E-state index contributed by atoms with van der Waals surface area (Å²) in [6.07, 6.45) is 5.81. The SMILES string of the molecule is CC(C)(C)c1ccc(C(=O)N2CCc3cc(C(C=O)N4CCN5CCCCC5C4)ccc3C2)cc1. The fourth-order valence-corrected chi connectivity index (χ4v) is 6.03. The second kappa shape index (κ2) is 9.87. The van der Waals surface area contributed by atoms with E-state index < -0.39 is 0 Å². The van der Waals surface area contributed by atoms with Crippen molar-refractivity contribution in [2.75, 3.05) is 32.7 Å². The van der Waals surface area contributed by atoms with Crippen LogP contribution < -0.4 is 0 Å². The van der Waals surface area contributed by atoms with Gasteiger partial charge in [0.15, 0.2) is 0 Å². The zero-order valence-corrected chi connectivity index (χ0v) is 21.5. The van der Waals surface area contributed by atoms with Crippen LogP contribution in [0.5, 0.6) is 0 Å². The van der Waals surface area contributed by atoms with Crippen molar-refractivity contribution in [3.8, 4) is 0 Å². The lowest BCUT2D eigenvalue weighted by Crippen LogP contribution is -2.55. The zero-order valence-electron chi connectivity index (χ0n) is 21.5. The van der Waals surface area contributed by atoms with Crippen LogP contribution >= 0.6 is 0 Å². The Balaban J connectivity index is 1.27. The van der Waals surface area contributed by atoms with E-state index in [2.05, 4.69) is 60.9 Å². The molecule has 186 valence electrons. The Morgan fingerprint density at radius 1 is 0.971 bits per heavy atom. The monoisotopic (exact) mass is 473 g/mol. The maximum atomic E-state index is 13.2. The van der Waals surface area contributed by atoms with E-state index in [0.717, 1.165) is 43.5 Å². The van der Waals surface area contributed by atoms with E-state index in [1.807, 2.05) is 17.0 Å². The normalized spacial score (nSPS) is 22.3. The Hall–Kier alpha value is -2.50. The number of rotatable bonds is 4. The molecular formula is C30H39N3O2. The molecule has 0 bridgehead atoms. The molecule has 3 heterocycles. The van der Waals surface area contributed by atoms with Crippen LogP contribution in [0.15, 0.2) is 42.5 Å². The predicted molar refractivity (Wildman–Crippen MR) is 140 cm³/mol. The number of aldehydes is 1. The van der Waals surface area contributed by atoms with Gasteiger partial charge in [-0.05, 0) is 65.6 Å². The summed E-state index contributed by atoms with van der Waals surface area (Å²) >= 11 is 0. The molecule has 5 heteroatoms. The van der Waals surface area contributed by atoms with Gasteiger partial charge in [0, 0.05) is 44.3 Å². The average Bonchev–Trinajstić information content (AvgIpc) is 2.88. The summed E-state index contributed by atoms with van der Waals surface area (Å²) in [5.41, 5.74) is 5.63. The first-order chi connectivity index (χ1) is 16.8. The maximum Gasteiger partial charge on any atom is 0.254 e. The number of piperazine rings is 1. The van der Waals surface area contributed by atoms with Crippen molar-refractivity contribution >= 4 is 12.2 Å². The molecule has 2 saturated heterocycles. The molecule has 3 aliphatic heterocycles. The number of hydrogen-bond acceptors (Lipinski definition) is 4. The second-order valence-corrected chi connectivity index (χ2v) is 11.6. The molecule has 2 atom stereocenters. The van der Waals surface area contributed by atoms with Crippen molar-refractivity contribution in [2.45, 2.75) is 70.5 Å². The van der Waals surface area contributed by atoms with Crippen LogP contribution in [0.1, 0.15) is 78.7 Å². The van der Waals surface area contributed by atoms with E-state index in [-0.39, 0.29) is 17.4 Å². The summed E-state index contributed by atoms with van der Waals surface area (Å²) < 4.78 is 0. The van der Waals surface area contributed by atoms with Crippen molar-refractivity contribution in [1.82, 2.24) is 14.7 Å². The van der Waals surface area contributed by atoms with E-state index in [1.54, 1.807) is 0 Å². The van der Waals surface area contributed by atoms with Gasteiger partial charge in [-0.2, -0.15) is 0 Å². The summed E-state index contributed by atoms with van der Waals surface area (Å²) in [6, 6.07) is 15.0. The van der Waals surface area contributed by atoms with E-state index in [0.29, 0.717) is 19.1 Å². The molecule has 2 unspecified atom stereocenters. The third kappa shape index (κ3) is 5.07. The van der Waals surface area contributed by atoms with Gasteiger partial charge >= 0.3 is 0 Å². The van der Waals surface area contributed by atoms with Crippen molar-refractivity contribution in [3.05, 3.63) is 70.3 Å². The number of hydrogen-bond donors (Lipinski definition) is 0. The lowest BCUT2D eigenvalue weighted by Gasteiger charge is -2.45. The molecule has 35 heavy (non-hydrogen) atoms. The van der Waals surface area contributed by atoms with Crippen molar-refractivity contribution < 1.29 is 9.59 Å². The molecule has 2 fully saturated rings. The Bertz CT molecular complexity index is 1070. The number of benzene rings is 2. The molecular weight excluding hydrogens is 434 g/mol. The molecule has 0 N–H and O–H groups in total. The molecule has 1 amide bonds. The molecule has 2 aromatic rings. The highest BCUT2D eigenvalue weighted by Gasteiger charge is 2.33. The molecule has 0 spiro atoms. The smallest absolute Gasteiger partial charge is 0.254 e. The molecule has 3 aliphatic rings. The first-order valence-corrected chi connectivity index (χ1v) is 13.3. The van der Waals surface area contributed by atoms with Crippen molar-refractivity contribution in [1.29, 1.82) is 0 Å². The summed E-state index contributed by atoms with van der Waals surface area (Å²) in [6.45, 7) is 12.1. The summed E-state index contributed by atoms with van der Waals surface area (Å²) in [5, 5.41) is 0. The summed E-state index contributed by atoms with van der Waals surface area (Å²) in [4.78, 5) is 32.3. The largest absolute Gasteiger partial charge is 0.334 e. The lowest BCUT2D eigenvalue weighted by molar-refractivity contribution is -0.114. The van der Waals surface area contributed by atoms with E-state index in [9.17, 15) is 9.59 Å². The highest BCUT2D eigenvalue weighted by atomic mass is 16.2. The zero-order chi connectivity index (χ0) is 24.6. The fourth-order valence-electron chi connectivity index (χ4n) is 6.03.